The Kier molecular flexibility index (Phi) is 3.77. The first-order valence-corrected chi connectivity index (χ1v) is 6.37. The Morgan fingerprint density at radius 1 is 1.20 bits per heavy atom. The van der Waals surface area contributed by atoms with E-state index in [-0.39, 0.29) is 11.7 Å². The van der Waals surface area contributed by atoms with Gasteiger partial charge in [-0.2, -0.15) is 0 Å². The van der Waals surface area contributed by atoms with Crippen LogP contribution >= 0.6 is 0 Å². The summed E-state index contributed by atoms with van der Waals surface area (Å²) in [5, 5.41) is 12.2. The molecule has 0 bridgehead atoms. The Bertz CT molecular complexity index is 622. The molecule has 0 heterocycles. The van der Waals surface area contributed by atoms with Gasteiger partial charge in [0.15, 0.2) is 0 Å². The third kappa shape index (κ3) is 2.81. The predicted molar refractivity (Wildman–Crippen MR) is 79.5 cm³/mol. The highest BCUT2D eigenvalue weighted by molar-refractivity contribution is 5.98. The molecule has 0 aliphatic heterocycles. The molecule has 0 radical (unpaired) electrons. The highest BCUT2D eigenvalue weighted by atomic mass is 16.3. The van der Waals surface area contributed by atoms with Crippen LogP contribution in [0.4, 0.5) is 5.69 Å². The van der Waals surface area contributed by atoms with Crippen molar-refractivity contribution in [3.05, 3.63) is 59.7 Å². The summed E-state index contributed by atoms with van der Waals surface area (Å²) in [5.74, 6) is -0.128. The van der Waals surface area contributed by atoms with Gasteiger partial charge in [0, 0.05) is 5.69 Å². The molecule has 0 saturated carbocycles. The number of rotatable bonds is 3. The Balaban J connectivity index is 2.23. The summed E-state index contributed by atoms with van der Waals surface area (Å²) in [5.41, 5.74) is 7.19. The molecule has 0 saturated heterocycles. The maximum Gasteiger partial charge on any atom is 0.248 e. The van der Waals surface area contributed by atoms with E-state index in [1.165, 1.54) is 6.07 Å². The molecule has 2 rings (SSSR count). The molecular weight excluding hydrogens is 252 g/mol. The summed E-state index contributed by atoms with van der Waals surface area (Å²) in [6, 6.07) is 14.0. The van der Waals surface area contributed by atoms with Crippen LogP contribution in [0.3, 0.4) is 0 Å². The number of hydrogen-bond donors (Lipinski definition) is 3. The number of phenolic OH excluding ortho intramolecular Hbond substituents is 1. The number of benzene rings is 2. The number of nitrogens with one attached hydrogen (secondary N) is 1. The molecule has 4 heteroatoms. The van der Waals surface area contributed by atoms with Gasteiger partial charge in [-0.05, 0) is 43.2 Å². The first kappa shape index (κ1) is 14.1. The van der Waals surface area contributed by atoms with Gasteiger partial charge in [0.1, 0.15) is 11.3 Å². The summed E-state index contributed by atoms with van der Waals surface area (Å²) >= 11 is 0. The van der Waals surface area contributed by atoms with E-state index in [0.29, 0.717) is 5.69 Å². The lowest BCUT2D eigenvalue weighted by molar-refractivity contribution is -0.120. The number of nitrogens with two attached hydrogens (primary N) is 1. The second-order valence-corrected chi connectivity index (χ2v) is 5.02. The first-order valence-electron chi connectivity index (χ1n) is 6.37. The summed E-state index contributed by atoms with van der Waals surface area (Å²) in [6.45, 7) is 3.49. The summed E-state index contributed by atoms with van der Waals surface area (Å²) in [6.07, 6.45) is 0. The Morgan fingerprint density at radius 3 is 2.45 bits per heavy atom. The quantitative estimate of drug-likeness (QED) is 0.750. The van der Waals surface area contributed by atoms with Crippen molar-refractivity contribution in [1.82, 2.24) is 0 Å². The second kappa shape index (κ2) is 5.35. The van der Waals surface area contributed by atoms with Gasteiger partial charge < -0.3 is 16.2 Å². The molecule has 4 N–H and O–H groups in total. The van der Waals surface area contributed by atoms with E-state index in [4.69, 9.17) is 5.73 Å². The molecule has 1 atom stereocenters. The molecule has 0 fully saturated rings. The van der Waals surface area contributed by atoms with E-state index in [1.807, 2.05) is 37.3 Å². The number of phenols is 1. The average Bonchev–Trinajstić information content (AvgIpc) is 2.42. The van der Waals surface area contributed by atoms with Crippen molar-refractivity contribution >= 4 is 11.6 Å². The minimum Gasteiger partial charge on any atom is -0.508 e. The third-order valence-corrected chi connectivity index (χ3v) is 3.30. The SMILES string of the molecule is Cc1cc(O)ccc1NC(=O)C(C)(N)c1ccccc1. The molecule has 1 unspecified atom stereocenters. The minimum atomic E-state index is -1.12. The van der Waals surface area contributed by atoms with Crippen LogP contribution in [0, 0.1) is 6.92 Å². The van der Waals surface area contributed by atoms with Gasteiger partial charge in [0.05, 0.1) is 0 Å². The van der Waals surface area contributed by atoms with Crippen LogP contribution in [0.25, 0.3) is 0 Å². The predicted octanol–water partition coefficient (Wildman–Crippen LogP) is 2.51. The number of carbonyl (C=O) groups excluding carboxylic acids is 1. The van der Waals surface area contributed by atoms with E-state index in [1.54, 1.807) is 19.1 Å². The van der Waals surface area contributed by atoms with Crippen LogP contribution in [0.15, 0.2) is 48.5 Å². The fourth-order valence-corrected chi connectivity index (χ4v) is 1.96. The number of amides is 1. The number of aromatic hydroxyl groups is 1. The van der Waals surface area contributed by atoms with Gasteiger partial charge in [-0.25, -0.2) is 0 Å². The van der Waals surface area contributed by atoms with Gasteiger partial charge in [0.25, 0.3) is 0 Å². The number of anilines is 1. The van der Waals surface area contributed by atoms with Crippen molar-refractivity contribution in [3.63, 3.8) is 0 Å². The Morgan fingerprint density at radius 2 is 1.85 bits per heavy atom. The maximum atomic E-state index is 12.4. The highest BCUT2D eigenvalue weighted by Crippen LogP contribution is 2.23. The molecule has 0 aliphatic rings. The molecule has 0 aliphatic carbocycles. The Labute approximate surface area is 118 Å². The zero-order chi connectivity index (χ0) is 14.8. The molecule has 20 heavy (non-hydrogen) atoms. The molecule has 104 valence electrons. The maximum absolute atomic E-state index is 12.4. The smallest absolute Gasteiger partial charge is 0.248 e. The molecule has 0 aromatic heterocycles. The monoisotopic (exact) mass is 270 g/mol. The third-order valence-electron chi connectivity index (χ3n) is 3.30. The molecule has 2 aromatic rings. The molecule has 2 aromatic carbocycles. The van der Waals surface area contributed by atoms with Gasteiger partial charge in [0.2, 0.25) is 5.91 Å². The van der Waals surface area contributed by atoms with Crippen LogP contribution in [-0.2, 0) is 10.3 Å². The van der Waals surface area contributed by atoms with Crippen molar-refractivity contribution in [1.29, 1.82) is 0 Å². The van der Waals surface area contributed by atoms with Crippen molar-refractivity contribution in [3.8, 4) is 5.75 Å². The summed E-state index contributed by atoms with van der Waals surface area (Å²) in [7, 11) is 0. The Hall–Kier alpha value is -2.33. The lowest BCUT2D eigenvalue weighted by Crippen LogP contribution is -2.45. The number of carbonyl (C=O) groups is 1. The largest absolute Gasteiger partial charge is 0.508 e. The van der Waals surface area contributed by atoms with Crippen LogP contribution in [0.2, 0.25) is 0 Å². The molecular formula is C16H18N2O2. The van der Waals surface area contributed by atoms with Gasteiger partial charge in [-0.3, -0.25) is 4.79 Å². The van der Waals surface area contributed by atoms with E-state index in [0.717, 1.165) is 11.1 Å². The number of hydrogen-bond acceptors (Lipinski definition) is 3. The molecule has 4 nitrogen and oxygen atoms in total. The van der Waals surface area contributed by atoms with Crippen LogP contribution in [-0.4, -0.2) is 11.0 Å². The van der Waals surface area contributed by atoms with Crippen molar-refractivity contribution < 1.29 is 9.90 Å². The van der Waals surface area contributed by atoms with Crippen LogP contribution in [0.1, 0.15) is 18.1 Å². The van der Waals surface area contributed by atoms with Gasteiger partial charge in [-0.1, -0.05) is 30.3 Å². The van der Waals surface area contributed by atoms with E-state index in [9.17, 15) is 9.90 Å². The second-order valence-electron chi connectivity index (χ2n) is 5.02. The first-order chi connectivity index (χ1) is 9.41. The van der Waals surface area contributed by atoms with Crippen molar-refractivity contribution in [2.45, 2.75) is 19.4 Å². The average molecular weight is 270 g/mol. The standard InChI is InChI=1S/C16H18N2O2/c1-11-10-13(19)8-9-14(11)18-15(20)16(2,17)12-6-4-3-5-7-12/h3-10,19H,17H2,1-2H3,(H,18,20). The van der Waals surface area contributed by atoms with Gasteiger partial charge in [-0.15, -0.1) is 0 Å². The fourth-order valence-electron chi connectivity index (χ4n) is 1.96. The molecule has 1 amide bonds. The van der Waals surface area contributed by atoms with Crippen LogP contribution in [0.5, 0.6) is 5.75 Å². The normalized spacial score (nSPS) is 13.6. The van der Waals surface area contributed by atoms with E-state index in [2.05, 4.69) is 5.32 Å². The highest BCUT2D eigenvalue weighted by Gasteiger charge is 2.30. The lowest BCUT2D eigenvalue weighted by Gasteiger charge is -2.24. The van der Waals surface area contributed by atoms with Crippen molar-refractivity contribution in [2.75, 3.05) is 5.32 Å². The van der Waals surface area contributed by atoms with E-state index >= 15 is 0 Å². The lowest BCUT2D eigenvalue weighted by atomic mass is 9.92. The zero-order valence-corrected chi connectivity index (χ0v) is 11.6. The topological polar surface area (TPSA) is 75.3 Å². The zero-order valence-electron chi connectivity index (χ0n) is 11.6. The number of aryl methyl sites for hydroxylation is 1. The minimum absolute atomic E-state index is 0.166. The summed E-state index contributed by atoms with van der Waals surface area (Å²) in [4.78, 5) is 12.4. The summed E-state index contributed by atoms with van der Waals surface area (Å²) < 4.78 is 0. The van der Waals surface area contributed by atoms with Crippen LogP contribution < -0.4 is 11.1 Å². The van der Waals surface area contributed by atoms with Gasteiger partial charge >= 0.3 is 0 Å². The molecule has 0 spiro atoms. The van der Waals surface area contributed by atoms with E-state index < -0.39 is 5.54 Å². The van der Waals surface area contributed by atoms with Crippen molar-refractivity contribution in [2.24, 2.45) is 5.73 Å². The fraction of sp³-hybridized carbons (Fsp3) is 0.188.